The summed E-state index contributed by atoms with van der Waals surface area (Å²) in [5.41, 5.74) is 33.2. The van der Waals surface area contributed by atoms with Crippen LogP contribution in [0.1, 0.15) is 66.8 Å². The van der Waals surface area contributed by atoms with Crippen molar-refractivity contribution in [1.29, 1.82) is 0 Å². The first kappa shape index (κ1) is 36.6. The van der Waals surface area contributed by atoms with E-state index in [4.69, 9.17) is 4.42 Å². The zero-order chi connectivity index (χ0) is 40.6. The Hall–Kier alpha value is -5.73. The summed E-state index contributed by atoms with van der Waals surface area (Å²) in [4.78, 5) is 2.63. The first-order chi connectivity index (χ1) is 27.8. The number of para-hydroxylation sites is 1. The van der Waals surface area contributed by atoms with Crippen LogP contribution in [0.5, 0.6) is 0 Å². The van der Waals surface area contributed by atoms with E-state index in [2.05, 4.69) is 179 Å². The van der Waals surface area contributed by atoms with Gasteiger partial charge in [-0.15, -0.1) is 0 Å². The van der Waals surface area contributed by atoms with Crippen molar-refractivity contribution in [1.82, 2.24) is 0 Å². The Morgan fingerprint density at radius 3 is 1.33 bits per heavy atom. The van der Waals surface area contributed by atoms with Crippen molar-refractivity contribution in [2.24, 2.45) is 0 Å². The van der Waals surface area contributed by atoms with Gasteiger partial charge in [-0.3, -0.25) is 0 Å². The average molecular weight is 752 g/mol. The summed E-state index contributed by atoms with van der Waals surface area (Å²) < 4.78 is 6.36. The molecule has 1 aromatic heterocycles. The fourth-order valence-corrected chi connectivity index (χ4v) is 10.9. The van der Waals surface area contributed by atoms with E-state index in [0.717, 1.165) is 21.9 Å². The number of furan rings is 1. The van der Waals surface area contributed by atoms with Crippen LogP contribution in [0.15, 0.2) is 95.4 Å². The van der Waals surface area contributed by atoms with E-state index in [0.29, 0.717) is 0 Å². The Labute approximate surface area is 345 Å². The van der Waals surface area contributed by atoms with Crippen LogP contribution in [0.2, 0.25) is 0 Å². The third kappa shape index (κ3) is 5.00. The Morgan fingerprint density at radius 2 is 0.828 bits per heavy atom. The summed E-state index contributed by atoms with van der Waals surface area (Å²) >= 11 is 0. The molecule has 0 saturated heterocycles. The van der Waals surface area contributed by atoms with Crippen molar-refractivity contribution >= 4 is 85.2 Å². The molecule has 0 atom stereocenters. The van der Waals surface area contributed by atoms with Crippen LogP contribution in [0.25, 0.3) is 33.1 Å². The molecule has 8 aromatic rings. The van der Waals surface area contributed by atoms with Crippen molar-refractivity contribution in [3.8, 4) is 11.1 Å². The zero-order valence-corrected chi connectivity index (χ0v) is 36.2. The van der Waals surface area contributed by atoms with Gasteiger partial charge in [0.05, 0.1) is 0 Å². The summed E-state index contributed by atoms with van der Waals surface area (Å²) in [7, 11) is 0. The fraction of sp³-hybridized carbons (Fsp3) is 0.222. The van der Waals surface area contributed by atoms with E-state index >= 15 is 0 Å². The second-order valence-electron chi connectivity index (χ2n) is 17.7. The maximum atomic E-state index is 6.36. The van der Waals surface area contributed by atoms with Gasteiger partial charge in [-0.05, 0) is 180 Å². The predicted molar refractivity (Wildman–Crippen MR) is 253 cm³/mol. The van der Waals surface area contributed by atoms with Crippen LogP contribution >= 0.6 is 0 Å². The van der Waals surface area contributed by atoms with Crippen LogP contribution in [0.4, 0.5) is 17.1 Å². The molecule has 0 unspecified atom stereocenters. The molecule has 0 saturated carbocycles. The number of anilines is 3. The highest BCUT2D eigenvalue weighted by Crippen LogP contribution is 2.41. The number of aryl methyl sites for hydroxylation is 2. The normalized spacial score (nSPS) is 13.1. The van der Waals surface area contributed by atoms with Gasteiger partial charge >= 0.3 is 0 Å². The van der Waals surface area contributed by atoms with E-state index in [1.54, 1.807) is 0 Å². The molecule has 0 fully saturated rings. The van der Waals surface area contributed by atoms with Gasteiger partial charge in [-0.1, -0.05) is 105 Å². The molecule has 2 nitrogen and oxygen atoms in total. The first-order valence-electron chi connectivity index (χ1n) is 21.0. The Bertz CT molecular complexity index is 2900. The van der Waals surface area contributed by atoms with Crippen molar-refractivity contribution in [2.45, 2.75) is 83.1 Å². The molecule has 2 aliphatic heterocycles. The highest BCUT2D eigenvalue weighted by molar-refractivity contribution is 7.02. The minimum absolute atomic E-state index is 0.0488. The van der Waals surface area contributed by atoms with E-state index < -0.39 is 0 Å². The number of hydrogen-bond donors (Lipinski definition) is 0. The van der Waals surface area contributed by atoms with Gasteiger partial charge in [0.25, 0.3) is 0 Å². The lowest BCUT2D eigenvalue weighted by Gasteiger charge is -2.45. The molecule has 0 spiro atoms. The van der Waals surface area contributed by atoms with Crippen LogP contribution < -0.4 is 37.7 Å². The van der Waals surface area contributed by atoms with Crippen molar-refractivity contribution in [3.63, 3.8) is 0 Å². The molecule has 0 amide bonds. The largest absolute Gasteiger partial charge is 0.456 e. The standard InChI is InChI=1S/C54H51B2NO/c1-28-17-20-48-44(23-28)55(52-36(9)32(5)30(3)33(6)37(52)10)46-26-41(40-19-22-51-43(25-40)42-15-13-14-16-50(42)58-51)27-47-54(46)57(48)49-21-18-29(2)24-45(49)56(47)53-38(11)34(7)31(4)35(8)39(53)12/h13-27H,1-12H3. The third-order valence-electron chi connectivity index (χ3n) is 14.9. The lowest BCUT2D eigenvalue weighted by molar-refractivity contribution is 0.669. The van der Waals surface area contributed by atoms with Gasteiger partial charge in [-0.2, -0.15) is 0 Å². The number of nitrogens with zero attached hydrogens (tertiary/aromatic N) is 1. The Balaban J connectivity index is 1.39. The molecule has 0 N–H and O–H groups in total. The third-order valence-corrected chi connectivity index (χ3v) is 14.9. The molecule has 7 aromatic carbocycles. The molecule has 0 aliphatic carbocycles. The maximum Gasteiger partial charge on any atom is 0.247 e. The van der Waals surface area contributed by atoms with Crippen LogP contribution in [0, 0.1) is 83.1 Å². The fourth-order valence-electron chi connectivity index (χ4n) is 10.9. The molecule has 58 heavy (non-hydrogen) atoms. The molecule has 0 radical (unpaired) electrons. The smallest absolute Gasteiger partial charge is 0.247 e. The first-order valence-corrected chi connectivity index (χ1v) is 21.0. The van der Waals surface area contributed by atoms with E-state index in [1.807, 2.05) is 0 Å². The molecule has 3 heterocycles. The summed E-state index contributed by atoms with van der Waals surface area (Å²) in [5.74, 6) is 0. The SMILES string of the molecule is Cc1ccc2c(c1)B(c1c(C)c(C)c(C)c(C)c1C)c1cc(-c3ccc4oc5ccccc5c4c3)cc3c1N2c1ccc(C)cc1B3c1c(C)c(C)c(C)c(C)c1C. The zero-order valence-electron chi connectivity index (χ0n) is 36.2. The van der Waals surface area contributed by atoms with Gasteiger partial charge in [0.1, 0.15) is 11.2 Å². The lowest BCUT2D eigenvalue weighted by Crippen LogP contribution is -2.66. The van der Waals surface area contributed by atoms with Gasteiger partial charge in [-0.25, -0.2) is 0 Å². The summed E-state index contributed by atoms with van der Waals surface area (Å²) in [6.07, 6.45) is 0. The number of rotatable bonds is 3. The van der Waals surface area contributed by atoms with Gasteiger partial charge in [0, 0.05) is 27.8 Å². The topological polar surface area (TPSA) is 16.4 Å². The molecule has 2 aliphatic rings. The molecule has 4 heteroatoms. The highest BCUT2D eigenvalue weighted by Gasteiger charge is 2.45. The van der Waals surface area contributed by atoms with E-state index in [9.17, 15) is 0 Å². The quantitative estimate of drug-likeness (QED) is 0.167. The number of fused-ring (bicyclic) bond motifs is 7. The van der Waals surface area contributed by atoms with E-state index in [1.165, 1.54) is 128 Å². The van der Waals surface area contributed by atoms with Crippen LogP contribution in [0.3, 0.4) is 0 Å². The summed E-state index contributed by atoms with van der Waals surface area (Å²) in [5, 5.41) is 2.31. The minimum atomic E-state index is 0.0488. The predicted octanol–water partition coefficient (Wildman–Crippen LogP) is 10.1. The molecule has 284 valence electrons. The molecular weight excluding hydrogens is 700 g/mol. The number of benzene rings is 7. The Kier molecular flexibility index (Phi) is 8.13. The molecule has 0 bridgehead atoms. The molecule has 10 rings (SSSR count). The van der Waals surface area contributed by atoms with Crippen molar-refractivity contribution < 1.29 is 4.42 Å². The molecular formula is C54H51B2NO. The van der Waals surface area contributed by atoms with Crippen molar-refractivity contribution in [3.05, 3.63) is 158 Å². The average Bonchev–Trinajstić information content (AvgIpc) is 3.60. The van der Waals surface area contributed by atoms with E-state index in [-0.39, 0.29) is 13.4 Å². The number of hydrogen-bond acceptors (Lipinski definition) is 2. The lowest BCUT2D eigenvalue weighted by atomic mass is 9.29. The minimum Gasteiger partial charge on any atom is -0.456 e. The Morgan fingerprint density at radius 1 is 0.379 bits per heavy atom. The van der Waals surface area contributed by atoms with Crippen molar-refractivity contribution in [2.75, 3.05) is 4.90 Å². The monoisotopic (exact) mass is 751 g/mol. The van der Waals surface area contributed by atoms with Gasteiger partial charge in [0.2, 0.25) is 13.4 Å². The second-order valence-corrected chi connectivity index (χ2v) is 17.7. The van der Waals surface area contributed by atoms with Crippen LogP contribution in [-0.2, 0) is 0 Å². The maximum absolute atomic E-state index is 6.36. The second kappa shape index (κ2) is 12.9. The van der Waals surface area contributed by atoms with Crippen LogP contribution in [-0.4, -0.2) is 13.4 Å². The summed E-state index contributed by atoms with van der Waals surface area (Å²) in [6, 6.07) is 34.7. The van der Waals surface area contributed by atoms with Gasteiger partial charge in [0.15, 0.2) is 0 Å². The highest BCUT2D eigenvalue weighted by atomic mass is 16.3. The van der Waals surface area contributed by atoms with Gasteiger partial charge < -0.3 is 9.32 Å². The summed E-state index contributed by atoms with van der Waals surface area (Å²) in [6.45, 7) is 28.0.